The molecule has 2 aromatic heterocycles. The number of halogens is 2. The van der Waals surface area contributed by atoms with Crippen LogP contribution in [0.2, 0.25) is 5.02 Å². The number of likely N-dealkylation sites (N-methyl/N-ethyl adjacent to an activating group) is 1. The van der Waals surface area contributed by atoms with E-state index in [0.717, 1.165) is 83.4 Å². The van der Waals surface area contributed by atoms with Gasteiger partial charge in [-0.25, -0.2) is 9.37 Å². The summed E-state index contributed by atoms with van der Waals surface area (Å²) in [5, 5.41) is 14.6. The van der Waals surface area contributed by atoms with Crippen LogP contribution in [0.1, 0.15) is 18.9 Å². The van der Waals surface area contributed by atoms with Gasteiger partial charge < -0.3 is 19.7 Å². The number of nitrogens with zero attached hydrogens (tertiary/aromatic N) is 6. The molecule has 0 atom stereocenters. The van der Waals surface area contributed by atoms with Gasteiger partial charge in [-0.1, -0.05) is 35.1 Å². The molecular weight excluding hydrogens is 533 g/mol. The molecule has 3 aromatic carbocycles. The Morgan fingerprint density at radius 2 is 1.74 bits per heavy atom. The van der Waals surface area contributed by atoms with E-state index in [1.807, 2.05) is 36.4 Å². The van der Waals surface area contributed by atoms with Gasteiger partial charge in [0.15, 0.2) is 0 Å². The van der Waals surface area contributed by atoms with Gasteiger partial charge in [-0.2, -0.15) is 0 Å². The first-order chi connectivity index (χ1) is 19.0. The Bertz CT molecular complexity index is 1650. The summed E-state index contributed by atoms with van der Waals surface area (Å²) in [6.45, 7) is 3.86. The van der Waals surface area contributed by atoms with E-state index < -0.39 is 0 Å². The Hall–Kier alpha value is -3.53. The lowest BCUT2D eigenvalue weighted by atomic mass is 10.2. The second kappa shape index (κ2) is 9.89. The van der Waals surface area contributed by atoms with E-state index >= 15 is 0 Å². The van der Waals surface area contributed by atoms with Crippen molar-refractivity contribution in [3.8, 4) is 22.0 Å². The molecule has 10 heteroatoms. The van der Waals surface area contributed by atoms with Crippen LogP contribution < -0.4 is 10.2 Å². The highest BCUT2D eigenvalue weighted by atomic mass is 35.5. The van der Waals surface area contributed by atoms with Gasteiger partial charge in [0.2, 0.25) is 5.13 Å². The molecule has 0 amide bonds. The first-order valence-corrected chi connectivity index (χ1v) is 14.3. The van der Waals surface area contributed by atoms with Crippen molar-refractivity contribution < 1.29 is 4.39 Å². The average molecular weight is 560 g/mol. The lowest BCUT2D eigenvalue weighted by Gasteiger charge is -2.35. The van der Waals surface area contributed by atoms with Gasteiger partial charge in [-0.15, -0.1) is 10.2 Å². The number of anilines is 3. The summed E-state index contributed by atoms with van der Waals surface area (Å²) in [4.78, 5) is 9.85. The molecule has 0 radical (unpaired) electrons. The highest BCUT2D eigenvalue weighted by Gasteiger charge is 2.30. The smallest absolute Gasteiger partial charge is 0.210 e. The summed E-state index contributed by atoms with van der Waals surface area (Å²) in [7, 11) is 2.16. The van der Waals surface area contributed by atoms with E-state index in [-0.39, 0.29) is 5.82 Å². The SMILES string of the molecule is CN1CCN(c2cc3c(cc2Nc2nnc(-c4cccc(Cl)c4)s2)nc(-c2ccc(F)cc2)n3C2CC2)CC1. The van der Waals surface area contributed by atoms with Crippen molar-refractivity contribution in [3.05, 3.63) is 71.5 Å². The van der Waals surface area contributed by atoms with Crippen molar-refractivity contribution in [1.82, 2.24) is 24.6 Å². The predicted molar refractivity (Wildman–Crippen MR) is 157 cm³/mol. The Kier molecular flexibility index (Phi) is 6.22. The number of benzene rings is 3. The van der Waals surface area contributed by atoms with Crippen LogP contribution in [0.4, 0.5) is 20.9 Å². The predicted octanol–water partition coefficient (Wildman–Crippen LogP) is 6.84. The van der Waals surface area contributed by atoms with Gasteiger partial charge >= 0.3 is 0 Å². The van der Waals surface area contributed by atoms with Crippen molar-refractivity contribution >= 4 is 50.5 Å². The maximum atomic E-state index is 13.7. The van der Waals surface area contributed by atoms with Gasteiger partial charge in [0.05, 0.1) is 22.4 Å². The first-order valence-electron chi connectivity index (χ1n) is 13.1. The Labute approximate surface area is 234 Å². The van der Waals surface area contributed by atoms with Crippen molar-refractivity contribution in [1.29, 1.82) is 0 Å². The lowest BCUT2D eigenvalue weighted by Crippen LogP contribution is -2.44. The highest BCUT2D eigenvalue weighted by molar-refractivity contribution is 7.18. The quantitative estimate of drug-likeness (QED) is 0.246. The molecule has 2 fully saturated rings. The molecule has 3 heterocycles. The van der Waals surface area contributed by atoms with Gasteiger partial charge in [-0.05, 0) is 68.4 Å². The van der Waals surface area contributed by atoms with Gasteiger partial charge in [0, 0.05) is 48.4 Å². The third-order valence-electron chi connectivity index (χ3n) is 7.40. The molecule has 0 unspecified atom stereocenters. The minimum Gasteiger partial charge on any atom is -0.367 e. The van der Waals surface area contributed by atoms with Crippen LogP contribution in [-0.4, -0.2) is 57.9 Å². The van der Waals surface area contributed by atoms with Crippen molar-refractivity contribution in [2.75, 3.05) is 43.4 Å². The van der Waals surface area contributed by atoms with Crippen LogP contribution in [0.25, 0.3) is 33.0 Å². The summed E-state index contributed by atoms with van der Waals surface area (Å²) in [5.41, 5.74) is 5.95. The van der Waals surface area contributed by atoms with Crippen molar-refractivity contribution in [3.63, 3.8) is 0 Å². The van der Waals surface area contributed by atoms with Gasteiger partial charge in [0.25, 0.3) is 0 Å². The molecule has 0 spiro atoms. The fourth-order valence-electron chi connectivity index (χ4n) is 5.17. The zero-order valence-electron chi connectivity index (χ0n) is 21.4. The monoisotopic (exact) mass is 559 g/mol. The lowest BCUT2D eigenvalue weighted by molar-refractivity contribution is 0.313. The molecule has 39 heavy (non-hydrogen) atoms. The largest absolute Gasteiger partial charge is 0.367 e. The van der Waals surface area contributed by atoms with Crippen LogP contribution in [0, 0.1) is 5.82 Å². The fraction of sp³-hybridized carbons (Fsp3) is 0.276. The zero-order valence-corrected chi connectivity index (χ0v) is 23.0. The van der Waals surface area contributed by atoms with E-state index in [1.54, 1.807) is 0 Å². The molecule has 1 saturated heterocycles. The number of hydrogen-bond donors (Lipinski definition) is 1. The minimum atomic E-state index is -0.245. The van der Waals surface area contributed by atoms with Crippen molar-refractivity contribution in [2.24, 2.45) is 0 Å². The second-order valence-corrected chi connectivity index (χ2v) is 11.7. The Morgan fingerprint density at radius 3 is 2.49 bits per heavy atom. The molecule has 1 aliphatic carbocycles. The normalized spacial score (nSPS) is 16.2. The van der Waals surface area contributed by atoms with Gasteiger partial charge in [-0.3, -0.25) is 0 Å². The van der Waals surface area contributed by atoms with Crippen LogP contribution in [0.15, 0.2) is 60.7 Å². The van der Waals surface area contributed by atoms with Gasteiger partial charge in [0.1, 0.15) is 16.6 Å². The van der Waals surface area contributed by atoms with E-state index in [1.165, 1.54) is 23.5 Å². The summed E-state index contributed by atoms with van der Waals surface area (Å²) >= 11 is 7.69. The molecule has 7 rings (SSSR count). The number of rotatable bonds is 6. The van der Waals surface area contributed by atoms with E-state index in [9.17, 15) is 4.39 Å². The third kappa shape index (κ3) is 4.86. The summed E-state index contributed by atoms with van der Waals surface area (Å²) in [5.74, 6) is 0.638. The fourth-order valence-corrected chi connectivity index (χ4v) is 6.11. The number of fused-ring (bicyclic) bond motifs is 1. The van der Waals surface area contributed by atoms with E-state index in [4.69, 9.17) is 16.6 Å². The standard InChI is InChI=1S/C29H27ClFN7S/c1-36-11-13-37(14-12-36)25-17-26-24(32-27(38(26)22-9-10-22)18-5-7-21(31)8-6-18)16-23(25)33-29-35-34-28(39-29)19-3-2-4-20(30)15-19/h2-8,15-17,22H,9-14H2,1H3,(H,33,35). The average Bonchev–Trinajstić information content (AvgIpc) is 3.55. The van der Waals surface area contributed by atoms with Crippen LogP contribution in [-0.2, 0) is 0 Å². The molecule has 7 nitrogen and oxygen atoms in total. The molecule has 2 aliphatic rings. The molecule has 1 N–H and O–H groups in total. The Balaban J connectivity index is 1.32. The number of nitrogens with one attached hydrogen (secondary N) is 1. The first kappa shape index (κ1) is 24.5. The highest BCUT2D eigenvalue weighted by Crippen LogP contribution is 2.44. The zero-order chi connectivity index (χ0) is 26.5. The third-order valence-corrected chi connectivity index (χ3v) is 8.53. The number of aromatic nitrogens is 4. The summed E-state index contributed by atoms with van der Waals surface area (Å²) in [6.07, 6.45) is 2.25. The minimum absolute atomic E-state index is 0.245. The topological polar surface area (TPSA) is 62.1 Å². The molecule has 1 saturated carbocycles. The Morgan fingerprint density at radius 1 is 0.949 bits per heavy atom. The number of imidazole rings is 1. The molecular formula is C29H27ClFN7S. The molecule has 1 aliphatic heterocycles. The van der Waals surface area contributed by atoms with Crippen molar-refractivity contribution in [2.45, 2.75) is 18.9 Å². The summed E-state index contributed by atoms with van der Waals surface area (Å²) in [6, 6.07) is 19.1. The van der Waals surface area contributed by atoms with Crippen LogP contribution >= 0.6 is 22.9 Å². The molecule has 198 valence electrons. The maximum Gasteiger partial charge on any atom is 0.210 e. The number of hydrogen-bond acceptors (Lipinski definition) is 7. The molecule has 5 aromatic rings. The second-order valence-electron chi connectivity index (χ2n) is 10.2. The van der Waals surface area contributed by atoms with E-state index in [2.05, 4.69) is 49.1 Å². The van der Waals surface area contributed by atoms with Crippen LogP contribution in [0.3, 0.4) is 0 Å². The maximum absolute atomic E-state index is 13.7. The molecule has 0 bridgehead atoms. The van der Waals surface area contributed by atoms with E-state index in [0.29, 0.717) is 16.2 Å². The number of piperazine rings is 1. The summed E-state index contributed by atoms with van der Waals surface area (Å²) < 4.78 is 16.0. The van der Waals surface area contributed by atoms with Crippen LogP contribution in [0.5, 0.6) is 0 Å².